The van der Waals surface area contributed by atoms with Crippen LogP contribution in [-0.2, 0) is 0 Å². The summed E-state index contributed by atoms with van der Waals surface area (Å²) >= 11 is 0. The minimum atomic E-state index is -0.0670. The maximum absolute atomic E-state index is 12.3. The Bertz CT molecular complexity index is 726. The molecular weight excluding hydrogens is 304 g/mol. The van der Waals surface area contributed by atoms with Crippen LogP contribution in [0.2, 0.25) is 0 Å². The molecule has 3 rings (SSSR count). The van der Waals surface area contributed by atoms with Crippen LogP contribution in [0.25, 0.3) is 0 Å². The highest BCUT2D eigenvalue weighted by Gasteiger charge is 2.20. The van der Waals surface area contributed by atoms with Gasteiger partial charge >= 0.3 is 0 Å². The standard InChI is InChI=1S/C19H22N2O3/c1-13-4-6-14(7-5-13)19(22)20-11-16(21(2)3)15-8-9-17-18(10-15)24-12-23-17/h4-10,16H,11-12H2,1-3H3,(H,20,22). The fraction of sp³-hybridized carbons (Fsp3) is 0.316. The Kier molecular flexibility index (Phi) is 4.71. The fourth-order valence-electron chi connectivity index (χ4n) is 2.72. The highest BCUT2D eigenvalue weighted by atomic mass is 16.7. The lowest BCUT2D eigenvalue weighted by atomic mass is 10.0. The molecule has 1 N–H and O–H groups in total. The minimum absolute atomic E-state index is 0.0499. The second kappa shape index (κ2) is 6.93. The summed E-state index contributed by atoms with van der Waals surface area (Å²) in [5.74, 6) is 1.45. The van der Waals surface area contributed by atoms with E-state index in [1.165, 1.54) is 0 Å². The zero-order chi connectivity index (χ0) is 17.1. The van der Waals surface area contributed by atoms with Crippen LogP contribution >= 0.6 is 0 Å². The van der Waals surface area contributed by atoms with Gasteiger partial charge in [-0.3, -0.25) is 4.79 Å². The number of carbonyl (C=O) groups is 1. The number of amides is 1. The number of aryl methyl sites for hydroxylation is 1. The first-order valence-electron chi connectivity index (χ1n) is 7.95. The molecule has 0 bridgehead atoms. The molecule has 0 spiro atoms. The number of rotatable bonds is 5. The number of nitrogens with zero attached hydrogens (tertiary/aromatic N) is 1. The van der Waals surface area contributed by atoms with Crippen LogP contribution in [0.15, 0.2) is 42.5 Å². The highest BCUT2D eigenvalue weighted by molar-refractivity contribution is 5.94. The van der Waals surface area contributed by atoms with Crippen LogP contribution < -0.4 is 14.8 Å². The van der Waals surface area contributed by atoms with Gasteiger partial charge in [0.25, 0.3) is 5.91 Å². The molecule has 1 heterocycles. The summed E-state index contributed by atoms with van der Waals surface area (Å²) in [5, 5.41) is 3.01. The summed E-state index contributed by atoms with van der Waals surface area (Å²) in [4.78, 5) is 14.4. The van der Waals surface area contributed by atoms with E-state index in [-0.39, 0.29) is 18.7 Å². The van der Waals surface area contributed by atoms with Gasteiger partial charge in [-0.1, -0.05) is 23.8 Å². The van der Waals surface area contributed by atoms with E-state index in [9.17, 15) is 4.79 Å². The summed E-state index contributed by atoms with van der Waals surface area (Å²) in [6.07, 6.45) is 0. The van der Waals surface area contributed by atoms with Crippen molar-refractivity contribution in [1.29, 1.82) is 0 Å². The highest BCUT2D eigenvalue weighted by Crippen LogP contribution is 2.34. The van der Waals surface area contributed by atoms with E-state index in [0.717, 1.165) is 22.6 Å². The van der Waals surface area contributed by atoms with E-state index < -0.39 is 0 Å². The van der Waals surface area contributed by atoms with Crippen molar-refractivity contribution in [3.05, 3.63) is 59.2 Å². The van der Waals surface area contributed by atoms with Crippen molar-refractivity contribution < 1.29 is 14.3 Å². The van der Waals surface area contributed by atoms with E-state index in [1.54, 1.807) is 0 Å². The fourth-order valence-corrected chi connectivity index (χ4v) is 2.72. The molecular formula is C19H22N2O3. The largest absolute Gasteiger partial charge is 0.454 e. The second-order valence-electron chi connectivity index (χ2n) is 6.17. The average Bonchev–Trinajstić information content (AvgIpc) is 3.03. The van der Waals surface area contributed by atoms with Crippen LogP contribution in [-0.4, -0.2) is 38.2 Å². The summed E-state index contributed by atoms with van der Waals surface area (Å²) in [6.45, 7) is 2.78. The van der Waals surface area contributed by atoms with Crippen LogP contribution in [0.4, 0.5) is 0 Å². The smallest absolute Gasteiger partial charge is 0.251 e. The minimum Gasteiger partial charge on any atom is -0.454 e. The van der Waals surface area contributed by atoms with Crippen LogP contribution in [0.1, 0.15) is 27.5 Å². The molecule has 0 radical (unpaired) electrons. The molecule has 0 saturated heterocycles. The number of carbonyl (C=O) groups excluding carboxylic acids is 1. The van der Waals surface area contributed by atoms with E-state index in [2.05, 4.69) is 10.2 Å². The number of likely N-dealkylation sites (N-methyl/N-ethyl adjacent to an activating group) is 1. The Labute approximate surface area is 142 Å². The van der Waals surface area contributed by atoms with Crippen molar-refractivity contribution in [3.8, 4) is 11.5 Å². The molecule has 1 aliphatic heterocycles. The molecule has 1 unspecified atom stereocenters. The number of nitrogens with one attached hydrogen (secondary N) is 1. The Morgan fingerprint density at radius 1 is 1.12 bits per heavy atom. The maximum Gasteiger partial charge on any atom is 0.251 e. The first-order chi connectivity index (χ1) is 11.5. The third-order valence-electron chi connectivity index (χ3n) is 4.17. The molecule has 0 saturated carbocycles. The molecule has 5 heteroatoms. The van der Waals surface area contributed by atoms with Crippen LogP contribution in [0.3, 0.4) is 0 Å². The summed E-state index contributed by atoms with van der Waals surface area (Å²) in [6, 6.07) is 13.5. The summed E-state index contributed by atoms with van der Waals surface area (Å²) in [5.41, 5.74) is 2.88. The monoisotopic (exact) mass is 326 g/mol. The maximum atomic E-state index is 12.3. The molecule has 1 amide bonds. The lowest BCUT2D eigenvalue weighted by Crippen LogP contribution is -2.34. The lowest BCUT2D eigenvalue weighted by Gasteiger charge is -2.25. The third kappa shape index (κ3) is 3.51. The van der Waals surface area contributed by atoms with Crippen molar-refractivity contribution in [2.24, 2.45) is 0 Å². The van der Waals surface area contributed by atoms with Crippen molar-refractivity contribution in [3.63, 3.8) is 0 Å². The van der Waals surface area contributed by atoms with Gasteiger partial charge in [0.2, 0.25) is 6.79 Å². The first-order valence-corrected chi connectivity index (χ1v) is 7.95. The molecule has 0 aromatic heterocycles. The normalized spacial score (nSPS) is 13.8. The average molecular weight is 326 g/mol. The van der Waals surface area contributed by atoms with Gasteiger partial charge in [-0.25, -0.2) is 0 Å². The van der Waals surface area contributed by atoms with E-state index in [0.29, 0.717) is 12.1 Å². The lowest BCUT2D eigenvalue weighted by molar-refractivity contribution is 0.0942. The van der Waals surface area contributed by atoms with Gasteiger partial charge in [0, 0.05) is 12.1 Å². The number of hydrogen-bond acceptors (Lipinski definition) is 4. The van der Waals surface area contributed by atoms with Gasteiger partial charge in [-0.05, 0) is 50.8 Å². The molecule has 24 heavy (non-hydrogen) atoms. The Balaban J connectivity index is 1.70. The molecule has 5 nitrogen and oxygen atoms in total. The van der Waals surface area contributed by atoms with Crippen molar-refractivity contribution in [2.75, 3.05) is 27.4 Å². The number of hydrogen-bond donors (Lipinski definition) is 1. The van der Waals surface area contributed by atoms with Crippen molar-refractivity contribution in [2.45, 2.75) is 13.0 Å². The SMILES string of the molecule is Cc1ccc(C(=O)NCC(c2ccc3c(c2)OCO3)N(C)C)cc1. The quantitative estimate of drug-likeness (QED) is 0.918. The van der Waals surface area contributed by atoms with Crippen molar-refractivity contribution in [1.82, 2.24) is 10.2 Å². The third-order valence-corrected chi connectivity index (χ3v) is 4.17. The molecule has 1 aliphatic rings. The first kappa shape index (κ1) is 16.3. The zero-order valence-corrected chi connectivity index (χ0v) is 14.2. The number of benzene rings is 2. The predicted octanol–water partition coefficient (Wildman–Crippen LogP) is 2.76. The molecule has 0 aliphatic carbocycles. The Hall–Kier alpha value is -2.53. The molecule has 2 aromatic rings. The number of fused-ring (bicyclic) bond motifs is 1. The van der Waals surface area contributed by atoms with Gasteiger partial charge < -0.3 is 19.7 Å². The zero-order valence-electron chi connectivity index (χ0n) is 14.2. The van der Waals surface area contributed by atoms with Gasteiger partial charge in [0.15, 0.2) is 11.5 Å². The van der Waals surface area contributed by atoms with Crippen LogP contribution in [0, 0.1) is 6.92 Å². The van der Waals surface area contributed by atoms with E-state index >= 15 is 0 Å². The second-order valence-corrected chi connectivity index (χ2v) is 6.17. The van der Waals surface area contributed by atoms with Crippen LogP contribution in [0.5, 0.6) is 11.5 Å². The topological polar surface area (TPSA) is 50.8 Å². The van der Waals surface area contributed by atoms with E-state index in [1.807, 2.05) is 63.5 Å². The van der Waals surface area contributed by atoms with E-state index in [4.69, 9.17) is 9.47 Å². The summed E-state index contributed by atoms with van der Waals surface area (Å²) in [7, 11) is 3.99. The Morgan fingerprint density at radius 2 is 1.83 bits per heavy atom. The van der Waals surface area contributed by atoms with Gasteiger partial charge in [0.05, 0.1) is 6.04 Å². The Morgan fingerprint density at radius 3 is 2.54 bits per heavy atom. The summed E-state index contributed by atoms with van der Waals surface area (Å²) < 4.78 is 10.8. The molecule has 1 atom stereocenters. The number of ether oxygens (including phenoxy) is 2. The molecule has 0 fully saturated rings. The molecule has 2 aromatic carbocycles. The van der Waals surface area contributed by atoms with Crippen molar-refractivity contribution >= 4 is 5.91 Å². The van der Waals surface area contributed by atoms with Gasteiger partial charge in [0.1, 0.15) is 0 Å². The van der Waals surface area contributed by atoms with Gasteiger partial charge in [-0.2, -0.15) is 0 Å². The van der Waals surface area contributed by atoms with Gasteiger partial charge in [-0.15, -0.1) is 0 Å². The predicted molar refractivity (Wildman–Crippen MR) is 92.5 cm³/mol. The molecule has 126 valence electrons.